The Morgan fingerprint density at radius 3 is 2.08 bits per heavy atom. The number of benzene rings is 2. The maximum atomic E-state index is 12.6. The Morgan fingerprint density at radius 2 is 1.47 bits per heavy atom. The van der Waals surface area contributed by atoms with Gasteiger partial charge in [-0.2, -0.15) is 20.4 Å². The SMILES string of the molecule is CC1CCc2c(C(=O)Nc3cnn(Cc4ccccc4)c3)n[nH]c2C1.CC1CCc2c(C(=O)O)nn(COCC[Si](C)(C)C)c2C1.Nc1cnn(Cc2ccccc2)c1. The third kappa shape index (κ3) is 12.3. The van der Waals surface area contributed by atoms with Gasteiger partial charge in [-0.05, 0) is 67.5 Å². The number of nitrogens with zero attached hydrogens (tertiary/aromatic N) is 7. The molecule has 2 atom stereocenters. The molecule has 0 radical (unpaired) electrons. The monoisotopic (exact) mass is 818 g/mol. The van der Waals surface area contributed by atoms with Crippen LogP contribution in [0.25, 0.3) is 0 Å². The number of amides is 1. The van der Waals surface area contributed by atoms with E-state index in [0.29, 0.717) is 42.2 Å². The smallest absolute Gasteiger partial charge is 0.356 e. The lowest BCUT2D eigenvalue weighted by atomic mass is 9.88. The second-order valence-electron chi connectivity index (χ2n) is 17.0. The summed E-state index contributed by atoms with van der Waals surface area (Å²) in [6.07, 6.45) is 12.7. The zero-order chi connectivity index (χ0) is 41.9. The average Bonchev–Trinajstić information content (AvgIpc) is 4.01. The van der Waals surface area contributed by atoms with Crippen molar-refractivity contribution in [1.29, 1.82) is 0 Å². The number of nitrogen functional groups attached to an aromatic ring is 1. The second-order valence-corrected chi connectivity index (χ2v) is 22.6. The number of carbonyl (C=O) groups excluding carboxylic acids is 1. The van der Waals surface area contributed by atoms with Gasteiger partial charge in [0.1, 0.15) is 6.73 Å². The fourth-order valence-electron chi connectivity index (χ4n) is 7.24. The average molecular weight is 819 g/mol. The fraction of sp³-hybridized carbons (Fsp3) is 0.409. The zero-order valence-electron chi connectivity index (χ0n) is 34.9. The maximum Gasteiger partial charge on any atom is 0.356 e. The Hall–Kier alpha value is -5.80. The van der Waals surface area contributed by atoms with Crippen molar-refractivity contribution in [3.05, 3.63) is 130 Å². The summed E-state index contributed by atoms with van der Waals surface area (Å²) >= 11 is 0. The second kappa shape index (κ2) is 19.8. The fourth-order valence-corrected chi connectivity index (χ4v) is 7.99. The van der Waals surface area contributed by atoms with Crippen molar-refractivity contribution >= 4 is 31.3 Å². The standard InChI is InChI=1S/C19H21N5O.C15H26N2O3Si.C10H11N3/c1-13-7-8-16-17(9-13)22-23-18(16)19(25)21-15-10-20-24(12-15)11-14-5-3-2-4-6-14;1-11-5-6-12-13(9-11)17(16-14(12)15(18)19)10-20-7-8-21(2,3)4;11-10-6-12-13(8-10)7-9-4-2-1-3-5-9/h2-6,10,12-13H,7-9,11H2,1H3,(H,21,25)(H,22,23);11H,5-10H2,1-4H3,(H,18,19);1-6,8H,7,11H2. The van der Waals surface area contributed by atoms with Gasteiger partial charge < -0.3 is 20.9 Å². The van der Waals surface area contributed by atoms with Crippen molar-refractivity contribution in [3.63, 3.8) is 0 Å². The van der Waals surface area contributed by atoms with Gasteiger partial charge in [0.05, 0.1) is 36.9 Å². The topological polar surface area (TPSA) is 184 Å². The Bertz CT molecular complexity index is 2270. The van der Waals surface area contributed by atoms with Crippen LogP contribution in [0.1, 0.15) is 81.3 Å². The number of carboxylic acids is 1. The number of carbonyl (C=O) groups is 2. The number of ether oxygens (including phenoxy) is 1. The molecule has 4 heterocycles. The number of aromatic carboxylic acids is 1. The summed E-state index contributed by atoms with van der Waals surface area (Å²) in [6.45, 7) is 13.9. The van der Waals surface area contributed by atoms with E-state index in [-0.39, 0.29) is 11.6 Å². The number of carboxylic acid groups (broad SMARTS) is 1. The number of hydrogen-bond acceptors (Lipinski definition) is 8. The van der Waals surface area contributed by atoms with E-state index in [1.54, 1.807) is 17.1 Å². The molecular formula is C44H58N10O4Si. The first-order chi connectivity index (χ1) is 28.3. The highest BCUT2D eigenvalue weighted by Crippen LogP contribution is 2.29. The molecule has 0 bridgehead atoms. The Labute approximate surface area is 347 Å². The van der Waals surface area contributed by atoms with E-state index < -0.39 is 14.0 Å². The molecule has 0 saturated heterocycles. The van der Waals surface area contributed by atoms with Crippen molar-refractivity contribution in [2.45, 2.75) is 97.9 Å². The number of aromatic amines is 1. The van der Waals surface area contributed by atoms with Gasteiger partial charge in [-0.1, -0.05) is 94.2 Å². The van der Waals surface area contributed by atoms with Crippen molar-refractivity contribution in [2.75, 3.05) is 17.7 Å². The third-order valence-corrected chi connectivity index (χ3v) is 12.2. The highest BCUT2D eigenvalue weighted by molar-refractivity contribution is 6.76. The van der Waals surface area contributed by atoms with E-state index in [4.69, 9.17) is 10.5 Å². The van der Waals surface area contributed by atoms with Crippen LogP contribution in [0.15, 0.2) is 85.5 Å². The molecule has 0 spiro atoms. The molecular weight excluding hydrogens is 761 g/mol. The van der Waals surface area contributed by atoms with Crippen molar-refractivity contribution in [1.82, 2.24) is 39.5 Å². The molecule has 8 rings (SSSR count). The van der Waals surface area contributed by atoms with Crippen LogP contribution >= 0.6 is 0 Å². The van der Waals surface area contributed by atoms with Gasteiger partial charge in [0.25, 0.3) is 5.91 Å². The predicted molar refractivity (Wildman–Crippen MR) is 232 cm³/mol. The summed E-state index contributed by atoms with van der Waals surface area (Å²) in [4.78, 5) is 23.9. The number of anilines is 2. The number of H-pyrrole nitrogens is 1. The molecule has 4 aromatic heterocycles. The molecule has 2 aliphatic rings. The van der Waals surface area contributed by atoms with E-state index >= 15 is 0 Å². The van der Waals surface area contributed by atoms with Crippen molar-refractivity contribution in [2.24, 2.45) is 11.8 Å². The van der Waals surface area contributed by atoms with Gasteiger partial charge in [-0.25, -0.2) is 9.48 Å². The summed E-state index contributed by atoms with van der Waals surface area (Å²) in [5.74, 6) is 0.115. The largest absolute Gasteiger partial charge is 0.476 e. The summed E-state index contributed by atoms with van der Waals surface area (Å²) in [5.41, 5.74) is 14.2. The Morgan fingerprint density at radius 1 is 0.864 bits per heavy atom. The molecule has 312 valence electrons. The predicted octanol–water partition coefficient (Wildman–Crippen LogP) is 7.56. The van der Waals surface area contributed by atoms with Crippen LogP contribution in [0.3, 0.4) is 0 Å². The lowest BCUT2D eigenvalue weighted by Crippen LogP contribution is -2.22. The molecule has 0 saturated carbocycles. The maximum absolute atomic E-state index is 12.6. The molecule has 15 heteroatoms. The molecule has 5 N–H and O–H groups in total. The molecule has 59 heavy (non-hydrogen) atoms. The molecule has 2 aliphatic carbocycles. The molecule has 0 fully saturated rings. The number of hydrogen-bond donors (Lipinski definition) is 4. The van der Waals surface area contributed by atoms with Gasteiger partial charge in [-0.3, -0.25) is 19.3 Å². The van der Waals surface area contributed by atoms with Crippen LogP contribution in [-0.2, 0) is 50.2 Å². The van der Waals surface area contributed by atoms with E-state index in [2.05, 4.69) is 88.6 Å². The number of nitrogens with one attached hydrogen (secondary N) is 2. The minimum absolute atomic E-state index is 0.175. The minimum Gasteiger partial charge on any atom is -0.476 e. The van der Waals surface area contributed by atoms with Crippen LogP contribution in [-0.4, -0.2) is 71.2 Å². The highest BCUT2D eigenvalue weighted by Gasteiger charge is 2.28. The Kier molecular flexibility index (Phi) is 14.3. The first-order valence-corrected chi connectivity index (χ1v) is 24.2. The summed E-state index contributed by atoms with van der Waals surface area (Å²) in [6, 6.07) is 21.4. The van der Waals surface area contributed by atoms with Gasteiger partial charge in [0, 0.05) is 49.6 Å². The molecule has 2 unspecified atom stereocenters. The molecule has 0 aliphatic heterocycles. The quantitative estimate of drug-likeness (QED) is 0.0715. The first kappa shape index (κ1) is 42.8. The normalized spacial score (nSPS) is 15.8. The van der Waals surface area contributed by atoms with Gasteiger partial charge in [0.2, 0.25) is 0 Å². The van der Waals surface area contributed by atoms with E-state index in [1.807, 2.05) is 58.2 Å². The van der Waals surface area contributed by atoms with Gasteiger partial charge in [0.15, 0.2) is 11.4 Å². The number of aromatic nitrogens is 8. The lowest BCUT2D eigenvalue weighted by Gasteiger charge is -2.20. The number of nitrogens with two attached hydrogens (primary N) is 1. The Balaban J connectivity index is 0.000000156. The summed E-state index contributed by atoms with van der Waals surface area (Å²) in [7, 11) is -1.10. The van der Waals surface area contributed by atoms with Crippen molar-refractivity contribution < 1.29 is 19.4 Å². The molecule has 2 aromatic carbocycles. The van der Waals surface area contributed by atoms with Crippen LogP contribution in [0.4, 0.5) is 11.4 Å². The first-order valence-electron chi connectivity index (χ1n) is 20.5. The summed E-state index contributed by atoms with van der Waals surface area (Å²) in [5, 5.41) is 32.1. The summed E-state index contributed by atoms with van der Waals surface area (Å²) < 4.78 is 11.1. The van der Waals surface area contributed by atoms with E-state index in [1.165, 1.54) is 11.1 Å². The third-order valence-electron chi connectivity index (χ3n) is 10.5. The molecule has 6 aromatic rings. The zero-order valence-corrected chi connectivity index (χ0v) is 35.9. The minimum atomic E-state index is -1.10. The van der Waals surface area contributed by atoms with Crippen LogP contribution in [0.2, 0.25) is 25.7 Å². The van der Waals surface area contributed by atoms with Gasteiger partial charge >= 0.3 is 5.97 Å². The highest BCUT2D eigenvalue weighted by atomic mass is 28.3. The lowest BCUT2D eigenvalue weighted by molar-refractivity contribution is 0.0668. The van der Waals surface area contributed by atoms with Crippen molar-refractivity contribution in [3.8, 4) is 0 Å². The van der Waals surface area contributed by atoms with Crippen LogP contribution in [0, 0.1) is 11.8 Å². The van der Waals surface area contributed by atoms with Crippen LogP contribution < -0.4 is 11.1 Å². The molecule has 14 nitrogen and oxygen atoms in total. The molecule has 1 amide bonds. The van der Waals surface area contributed by atoms with E-state index in [9.17, 15) is 14.7 Å². The number of rotatable bonds is 12. The van der Waals surface area contributed by atoms with E-state index in [0.717, 1.165) is 80.2 Å². The number of fused-ring (bicyclic) bond motifs is 2. The van der Waals surface area contributed by atoms with Gasteiger partial charge in [-0.15, -0.1) is 0 Å². The van der Waals surface area contributed by atoms with Crippen LogP contribution in [0.5, 0.6) is 0 Å².